The van der Waals surface area contributed by atoms with Gasteiger partial charge < -0.3 is 14.0 Å². The summed E-state index contributed by atoms with van der Waals surface area (Å²) in [4.78, 5) is 11.8. The van der Waals surface area contributed by atoms with Crippen molar-refractivity contribution in [3.05, 3.63) is 41.5 Å². The van der Waals surface area contributed by atoms with Gasteiger partial charge in [-0.3, -0.25) is 0 Å². The molecule has 0 aliphatic heterocycles. The molecule has 1 aromatic carbocycles. The van der Waals surface area contributed by atoms with Crippen LogP contribution in [0.3, 0.4) is 0 Å². The lowest BCUT2D eigenvalue weighted by Crippen LogP contribution is -2.15. The minimum Gasteiger partial charge on any atom is -0.496 e. The van der Waals surface area contributed by atoms with E-state index in [4.69, 9.17) is 9.47 Å². The largest absolute Gasteiger partial charge is 0.496 e. The lowest BCUT2D eigenvalue weighted by Gasteiger charge is -2.10. The maximum atomic E-state index is 11.8. The Hall–Kier alpha value is -2.37. The average molecular weight is 289 g/mol. The van der Waals surface area contributed by atoms with Crippen LogP contribution in [0.2, 0.25) is 0 Å². The van der Waals surface area contributed by atoms with Gasteiger partial charge in [-0.2, -0.15) is 0 Å². The molecule has 6 nitrogen and oxygen atoms in total. The van der Waals surface area contributed by atoms with E-state index in [0.29, 0.717) is 19.0 Å². The van der Waals surface area contributed by atoms with Crippen LogP contribution in [0.4, 0.5) is 0 Å². The number of nitrogens with zero attached hydrogens (tertiary/aromatic N) is 3. The highest BCUT2D eigenvalue weighted by molar-refractivity contribution is 5.85. The number of benzene rings is 1. The van der Waals surface area contributed by atoms with Gasteiger partial charge in [0.25, 0.3) is 0 Å². The molecule has 0 N–H and O–H groups in total. The first-order valence-corrected chi connectivity index (χ1v) is 6.86. The number of carbonyl (C=O) groups excluding carboxylic acids is 1. The first kappa shape index (κ1) is 15.0. The number of ether oxygens (including phenoxy) is 2. The van der Waals surface area contributed by atoms with E-state index in [1.165, 1.54) is 0 Å². The SMILES string of the molecule is CCOC(=O)c1nnc(C)n1CCc1ccccc1OC. The Morgan fingerprint density at radius 3 is 2.76 bits per heavy atom. The number of methoxy groups -OCH3 is 1. The highest BCUT2D eigenvalue weighted by atomic mass is 16.5. The number of hydrogen-bond acceptors (Lipinski definition) is 5. The zero-order valence-electron chi connectivity index (χ0n) is 12.5. The van der Waals surface area contributed by atoms with Crippen LogP contribution in [0.25, 0.3) is 0 Å². The Labute approximate surface area is 123 Å². The molecule has 6 heteroatoms. The van der Waals surface area contributed by atoms with Gasteiger partial charge in [-0.25, -0.2) is 4.79 Å². The smallest absolute Gasteiger partial charge is 0.376 e. The summed E-state index contributed by atoms with van der Waals surface area (Å²) in [5.41, 5.74) is 1.07. The third kappa shape index (κ3) is 3.39. The summed E-state index contributed by atoms with van der Waals surface area (Å²) in [6.07, 6.45) is 0.718. The van der Waals surface area contributed by atoms with Gasteiger partial charge in [0.05, 0.1) is 13.7 Å². The zero-order valence-corrected chi connectivity index (χ0v) is 12.5. The maximum Gasteiger partial charge on any atom is 0.376 e. The molecule has 2 rings (SSSR count). The second-order valence-corrected chi connectivity index (χ2v) is 4.50. The van der Waals surface area contributed by atoms with Crippen LogP contribution in [0.15, 0.2) is 24.3 Å². The molecule has 0 saturated heterocycles. The zero-order chi connectivity index (χ0) is 15.2. The summed E-state index contributed by atoms with van der Waals surface area (Å²) in [7, 11) is 1.65. The van der Waals surface area contributed by atoms with E-state index in [0.717, 1.165) is 17.7 Å². The second-order valence-electron chi connectivity index (χ2n) is 4.50. The van der Waals surface area contributed by atoms with Crippen LogP contribution in [-0.2, 0) is 17.7 Å². The second kappa shape index (κ2) is 6.88. The number of rotatable bonds is 6. The Bertz CT molecular complexity index is 622. The van der Waals surface area contributed by atoms with Gasteiger partial charge in [0.1, 0.15) is 11.6 Å². The predicted octanol–water partition coefficient (Wildman–Crippen LogP) is 2.01. The quantitative estimate of drug-likeness (QED) is 0.761. The summed E-state index contributed by atoms with van der Waals surface area (Å²) in [6, 6.07) is 7.81. The van der Waals surface area contributed by atoms with Crippen molar-refractivity contribution in [2.45, 2.75) is 26.8 Å². The molecule has 0 bridgehead atoms. The summed E-state index contributed by atoms with van der Waals surface area (Å²) in [5.74, 6) is 1.32. The van der Waals surface area contributed by atoms with E-state index < -0.39 is 5.97 Å². The molecule has 0 fully saturated rings. The number of aryl methyl sites for hydroxylation is 2. The minimum atomic E-state index is -0.446. The van der Waals surface area contributed by atoms with E-state index in [1.54, 1.807) is 18.6 Å². The van der Waals surface area contributed by atoms with Gasteiger partial charge in [-0.05, 0) is 31.9 Å². The van der Waals surface area contributed by atoms with Gasteiger partial charge in [0.15, 0.2) is 0 Å². The van der Waals surface area contributed by atoms with Crippen LogP contribution in [0.5, 0.6) is 5.75 Å². The Balaban J connectivity index is 2.16. The van der Waals surface area contributed by atoms with Crippen molar-refractivity contribution in [1.82, 2.24) is 14.8 Å². The molecule has 1 aromatic heterocycles. The van der Waals surface area contributed by atoms with Crippen molar-refractivity contribution in [3.63, 3.8) is 0 Å². The van der Waals surface area contributed by atoms with E-state index >= 15 is 0 Å². The highest BCUT2D eigenvalue weighted by Crippen LogP contribution is 2.18. The minimum absolute atomic E-state index is 0.240. The van der Waals surface area contributed by atoms with E-state index in [2.05, 4.69) is 10.2 Å². The fourth-order valence-corrected chi connectivity index (χ4v) is 2.14. The molecule has 0 amide bonds. The highest BCUT2D eigenvalue weighted by Gasteiger charge is 2.18. The molecule has 0 spiro atoms. The number of aromatic nitrogens is 3. The maximum absolute atomic E-state index is 11.8. The third-order valence-electron chi connectivity index (χ3n) is 3.19. The van der Waals surface area contributed by atoms with E-state index in [1.807, 2.05) is 31.2 Å². The topological polar surface area (TPSA) is 66.2 Å². The van der Waals surface area contributed by atoms with E-state index in [9.17, 15) is 4.79 Å². The van der Waals surface area contributed by atoms with Crippen LogP contribution in [0.1, 0.15) is 28.9 Å². The van der Waals surface area contributed by atoms with Crippen molar-refractivity contribution in [1.29, 1.82) is 0 Å². The summed E-state index contributed by atoms with van der Waals surface area (Å²) < 4.78 is 12.1. The van der Waals surface area contributed by atoms with Crippen molar-refractivity contribution in [2.24, 2.45) is 0 Å². The molecule has 112 valence electrons. The third-order valence-corrected chi connectivity index (χ3v) is 3.19. The lowest BCUT2D eigenvalue weighted by molar-refractivity contribution is 0.0505. The standard InChI is InChI=1S/C15H19N3O3/c1-4-21-15(19)14-17-16-11(2)18(14)10-9-12-7-5-6-8-13(12)20-3/h5-8H,4,9-10H2,1-3H3. The summed E-state index contributed by atoms with van der Waals surface area (Å²) >= 11 is 0. The molecule has 0 atom stereocenters. The summed E-state index contributed by atoms with van der Waals surface area (Å²) in [5, 5.41) is 7.85. The lowest BCUT2D eigenvalue weighted by atomic mass is 10.1. The van der Waals surface area contributed by atoms with Gasteiger partial charge in [-0.15, -0.1) is 10.2 Å². The van der Waals surface area contributed by atoms with Gasteiger partial charge in [0.2, 0.25) is 5.82 Å². The van der Waals surface area contributed by atoms with Crippen LogP contribution < -0.4 is 4.74 Å². The molecule has 1 heterocycles. The van der Waals surface area contributed by atoms with Crippen molar-refractivity contribution in [3.8, 4) is 5.75 Å². The molecular weight excluding hydrogens is 270 g/mol. The number of carbonyl (C=O) groups is 1. The number of para-hydroxylation sites is 1. The van der Waals surface area contributed by atoms with Crippen molar-refractivity contribution >= 4 is 5.97 Å². The average Bonchev–Trinajstić information content (AvgIpc) is 2.86. The van der Waals surface area contributed by atoms with Gasteiger partial charge in [0, 0.05) is 6.54 Å². The monoisotopic (exact) mass is 289 g/mol. The fourth-order valence-electron chi connectivity index (χ4n) is 2.14. The Kier molecular flexibility index (Phi) is 4.92. The molecule has 21 heavy (non-hydrogen) atoms. The molecule has 0 saturated carbocycles. The fraction of sp³-hybridized carbons (Fsp3) is 0.400. The molecule has 0 aliphatic carbocycles. The van der Waals surface area contributed by atoms with Gasteiger partial charge >= 0.3 is 5.97 Å². The number of esters is 1. The normalized spacial score (nSPS) is 10.4. The molecule has 0 radical (unpaired) electrons. The van der Waals surface area contributed by atoms with Crippen LogP contribution in [0, 0.1) is 6.92 Å². The molecule has 2 aromatic rings. The van der Waals surface area contributed by atoms with Crippen LogP contribution in [-0.4, -0.2) is 34.5 Å². The summed E-state index contributed by atoms with van der Waals surface area (Å²) in [6.45, 7) is 4.49. The predicted molar refractivity (Wildman–Crippen MR) is 77.4 cm³/mol. The van der Waals surface area contributed by atoms with Gasteiger partial charge in [-0.1, -0.05) is 18.2 Å². The Morgan fingerprint density at radius 2 is 2.05 bits per heavy atom. The molecule has 0 aliphatic rings. The first-order valence-electron chi connectivity index (χ1n) is 6.86. The van der Waals surface area contributed by atoms with Crippen molar-refractivity contribution in [2.75, 3.05) is 13.7 Å². The van der Waals surface area contributed by atoms with E-state index in [-0.39, 0.29) is 5.82 Å². The van der Waals surface area contributed by atoms with Crippen molar-refractivity contribution < 1.29 is 14.3 Å². The first-order chi connectivity index (χ1) is 10.2. The number of hydrogen-bond donors (Lipinski definition) is 0. The Morgan fingerprint density at radius 1 is 1.29 bits per heavy atom. The molecular formula is C15H19N3O3. The molecule has 0 unspecified atom stereocenters. The van der Waals surface area contributed by atoms with Crippen LogP contribution >= 0.6 is 0 Å².